The number of aromatic nitrogens is 2. The lowest BCUT2D eigenvalue weighted by molar-refractivity contribution is 0.175. The zero-order chi connectivity index (χ0) is 12.3. The molecule has 1 aliphatic rings. The summed E-state index contributed by atoms with van der Waals surface area (Å²) in [7, 11) is 1.72. The predicted molar refractivity (Wildman–Crippen MR) is 69.2 cm³/mol. The van der Waals surface area contributed by atoms with Gasteiger partial charge in [0.25, 0.3) is 5.56 Å². The van der Waals surface area contributed by atoms with Gasteiger partial charge in [-0.25, -0.2) is 4.98 Å². The average Bonchev–Trinajstić information content (AvgIpc) is 3.09. The van der Waals surface area contributed by atoms with Crippen LogP contribution in [0.1, 0.15) is 19.3 Å². The number of nitrogens with one attached hydrogen (secondary N) is 2. The maximum absolute atomic E-state index is 11.3. The minimum absolute atomic E-state index is 0.163. The highest BCUT2D eigenvalue weighted by molar-refractivity contribution is 9.10. The molecule has 0 bridgehead atoms. The maximum atomic E-state index is 11.3. The molecule has 0 aromatic carbocycles. The van der Waals surface area contributed by atoms with Crippen LogP contribution >= 0.6 is 15.9 Å². The number of aromatic amines is 1. The van der Waals surface area contributed by atoms with Crippen LogP contribution in [0.25, 0.3) is 0 Å². The smallest absolute Gasteiger partial charge is 0.267 e. The fraction of sp³-hybridized carbons (Fsp3) is 0.636. The first-order valence-corrected chi connectivity index (χ1v) is 6.42. The molecule has 1 aliphatic carbocycles. The lowest BCUT2D eigenvalue weighted by Crippen LogP contribution is -2.20. The Balaban J connectivity index is 1.94. The number of nitrogens with zero attached hydrogens (tertiary/aromatic N) is 1. The van der Waals surface area contributed by atoms with Crippen molar-refractivity contribution in [2.75, 3.05) is 25.6 Å². The van der Waals surface area contributed by atoms with Gasteiger partial charge in [-0.15, -0.1) is 0 Å². The number of H-pyrrole nitrogens is 1. The fourth-order valence-corrected chi connectivity index (χ4v) is 2.15. The summed E-state index contributed by atoms with van der Waals surface area (Å²) in [5, 5.41) is 3.23. The molecule has 5 nitrogen and oxygen atoms in total. The third-order valence-corrected chi connectivity index (χ3v) is 3.96. The number of hydrogen-bond acceptors (Lipinski definition) is 4. The predicted octanol–water partition coefficient (Wildman–Crippen LogP) is 1.76. The second-order valence-electron chi connectivity index (χ2n) is 4.49. The molecular formula is C11H16BrN3O2. The largest absolute Gasteiger partial charge is 0.385 e. The number of methoxy groups -OCH3 is 1. The molecule has 17 heavy (non-hydrogen) atoms. The van der Waals surface area contributed by atoms with E-state index in [0.29, 0.717) is 15.7 Å². The molecular weight excluding hydrogens is 286 g/mol. The van der Waals surface area contributed by atoms with Crippen LogP contribution in [0.3, 0.4) is 0 Å². The number of ether oxygens (including phenoxy) is 1. The van der Waals surface area contributed by atoms with E-state index in [-0.39, 0.29) is 5.56 Å². The van der Waals surface area contributed by atoms with Crippen LogP contribution in [0, 0.1) is 5.41 Å². The minimum atomic E-state index is -0.163. The topological polar surface area (TPSA) is 67.0 Å². The zero-order valence-corrected chi connectivity index (χ0v) is 11.3. The van der Waals surface area contributed by atoms with Gasteiger partial charge in [0.2, 0.25) is 0 Å². The van der Waals surface area contributed by atoms with Gasteiger partial charge in [0.15, 0.2) is 0 Å². The quantitative estimate of drug-likeness (QED) is 0.840. The second-order valence-corrected chi connectivity index (χ2v) is 5.28. The fourth-order valence-electron chi connectivity index (χ4n) is 1.79. The molecule has 6 heteroatoms. The standard InChI is InChI=1S/C11H16BrN3O2/c1-17-5-4-11(2-3-11)6-13-9-8(12)10(16)15-7-14-9/h7H,2-6H2,1H3,(H2,13,14,15,16). The Morgan fingerprint density at radius 1 is 1.65 bits per heavy atom. The molecule has 2 rings (SSSR count). The van der Waals surface area contributed by atoms with E-state index >= 15 is 0 Å². The van der Waals surface area contributed by atoms with E-state index in [1.807, 2.05) is 0 Å². The SMILES string of the molecule is COCCC1(CNc2nc[nH]c(=O)c2Br)CC1. The van der Waals surface area contributed by atoms with Gasteiger partial charge in [-0.2, -0.15) is 0 Å². The third kappa shape index (κ3) is 3.07. The van der Waals surface area contributed by atoms with Crippen molar-refractivity contribution in [3.63, 3.8) is 0 Å². The highest BCUT2D eigenvalue weighted by Crippen LogP contribution is 2.48. The van der Waals surface area contributed by atoms with E-state index < -0.39 is 0 Å². The van der Waals surface area contributed by atoms with Gasteiger partial charge in [0, 0.05) is 20.3 Å². The van der Waals surface area contributed by atoms with Crippen molar-refractivity contribution in [1.29, 1.82) is 0 Å². The van der Waals surface area contributed by atoms with E-state index in [9.17, 15) is 4.79 Å². The van der Waals surface area contributed by atoms with Gasteiger partial charge in [-0.3, -0.25) is 4.79 Å². The summed E-state index contributed by atoms with van der Waals surface area (Å²) in [4.78, 5) is 18.0. The van der Waals surface area contributed by atoms with Crippen LogP contribution in [0.4, 0.5) is 5.82 Å². The summed E-state index contributed by atoms with van der Waals surface area (Å²) in [6.45, 7) is 1.62. The van der Waals surface area contributed by atoms with Crippen LogP contribution in [0.2, 0.25) is 0 Å². The van der Waals surface area contributed by atoms with Gasteiger partial charge in [0.05, 0.1) is 6.33 Å². The van der Waals surface area contributed by atoms with Crippen molar-refractivity contribution in [3.05, 3.63) is 21.2 Å². The molecule has 2 N–H and O–H groups in total. The molecule has 0 radical (unpaired) electrons. The molecule has 0 atom stereocenters. The second kappa shape index (κ2) is 5.18. The van der Waals surface area contributed by atoms with Crippen molar-refractivity contribution < 1.29 is 4.74 Å². The van der Waals surface area contributed by atoms with E-state index in [1.54, 1.807) is 7.11 Å². The summed E-state index contributed by atoms with van der Waals surface area (Å²) in [6, 6.07) is 0. The summed E-state index contributed by atoms with van der Waals surface area (Å²) in [6.07, 6.45) is 4.88. The van der Waals surface area contributed by atoms with E-state index in [2.05, 4.69) is 31.2 Å². The first-order chi connectivity index (χ1) is 8.17. The highest BCUT2D eigenvalue weighted by atomic mass is 79.9. The van der Waals surface area contributed by atoms with Crippen molar-refractivity contribution in [2.24, 2.45) is 5.41 Å². The number of anilines is 1. The lowest BCUT2D eigenvalue weighted by Gasteiger charge is -2.16. The van der Waals surface area contributed by atoms with E-state index in [0.717, 1.165) is 19.6 Å². The van der Waals surface area contributed by atoms with Gasteiger partial charge in [-0.1, -0.05) is 0 Å². The Hall–Kier alpha value is -0.880. The number of halogens is 1. The van der Waals surface area contributed by atoms with Crippen molar-refractivity contribution >= 4 is 21.7 Å². The molecule has 0 amide bonds. The molecule has 1 aromatic heterocycles. The Bertz CT molecular complexity index is 443. The Kier molecular flexibility index (Phi) is 3.83. The summed E-state index contributed by atoms with van der Waals surface area (Å²) < 4.78 is 5.57. The lowest BCUT2D eigenvalue weighted by atomic mass is 10.0. The Morgan fingerprint density at radius 2 is 2.41 bits per heavy atom. The molecule has 0 saturated heterocycles. The molecule has 1 heterocycles. The third-order valence-electron chi connectivity index (χ3n) is 3.22. The van der Waals surface area contributed by atoms with Crippen LogP contribution in [0.15, 0.2) is 15.6 Å². The average molecular weight is 302 g/mol. The monoisotopic (exact) mass is 301 g/mol. The van der Waals surface area contributed by atoms with Crippen molar-refractivity contribution in [2.45, 2.75) is 19.3 Å². The minimum Gasteiger partial charge on any atom is -0.385 e. The maximum Gasteiger partial charge on any atom is 0.267 e. The van der Waals surface area contributed by atoms with Crippen LogP contribution in [-0.2, 0) is 4.74 Å². The first kappa shape index (κ1) is 12.6. The van der Waals surface area contributed by atoms with Gasteiger partial charge >= 0.3 is 0 Å². The van der Waals surface area contributed by atoms with Gasteiger partial charge < -0.3 is 15.0 Å². The molecule has 94 valence electrons. The normalized spacial score (nSPS) is 16.8. The highest BCUT2D eigenvalue weighted by Gasteiger charge is 2.41. The van der Waals surface area contributed by atoms with Crippen LogP contribution in [-0.4, -0.2) is 30.2 Å². The van der Waals surface area contributed by atoms with Gasteiger partial charge in [-0.05, 0) is 40.6 Å². The van der Waals surface area contributed by atoms with Crippen LogP contribution in [0.5, 0.6) is 0 Å². The number of hydrogen-bond donors (Lipinski definition) is 2. The van der Waals surface area contributed by atoms with Crippen molar-refractivity contribution in [3.8, 4) is 0 Å². The first-order valence-electron chi connectivity index (χ1n) is 5.63. The van der Waals surface area contributed by atoms with E-state index in [4.69, 9.17) is 4.74 Å². The molecule has 1 aromatic rings. The Morgan fingerprint density at radius 3 is 3.06 bits per heavy atom. The molecule has 0 aliphatic heterocycles. The van der Waals surface area contributed by atoms with Crippen molar-refractivity contribution in [1.82, 2.24) is 9.97 Å². The summed E-state index contributed by atoms with van der Waals surface area (Å²) in [5.74, 6) is 0.609. The van der Waals surface area contributed by atoms with E-state index in [1.165, 1.54) is 19.2 Å². The number of rotatable bonds is 6. The summed E-state index contributed by atoms with van der Waals surface area (Å²) >= 11 is 3.23. The molecule has 1 saturated carbocycles. The summed E-state index contributed by atoms with van der Waals surface area (Å²) in [5.41, 5.74) is 0.170. The molecule has 0 unspecified atom stereocenters. The molecule has 1 fully saturated rings. The van der Waals surface area contributed by atoms with Gasteiger partial charge in [0.1, 0.15) is 10.3 Å². The van der Waals surface area contributed by atoms with Crippen LogP contribution < -0.4 is 10.9 Å². The zero-order valence-electron chi connectivity index (χ0n) is 9.75. The Labute approximate surface area is 108 Å². The molecule has 0 spiro atoms.